The van der Waals surface area contributed by atoms with Gasteiger partial charge < -0.3 is 5.32 Å². The van der Waals surface area contributed by atoms with Gasteiger partial charge in [-0.25, -0.2) is 4.39 Å². The molecule has 2 rings (SSSR count). The number of hydrogen-bond donors (Lipinski definition) is 2. The van der Waals surface area contributed by atoms with Crippen molar-refractivity contribution in [2.45, 2.75) is 0 Å². The maximum Gasteiger partial charge on any atom is 0.258 e. The van der Waals surface area contributed by atoms with Gasteiger partial charge in [-0.15, -0.1) is 0 Å². The molecule has 0 aliphatic carbocycles. The molecule has 102 valence electrons. The Morgan fingerprint density at radius 3 is 2.40 bits per heavy atom. The molecule has 0 heterocycles. The van der Waals surface area contributed by atoms with E-state index in [9.17, 15) is 9.18 Å². The maximum atomic E-state index is 12.8. The van der Waals surface area contributed by atoms with Crippen LogP contribution in [0.15, 0.2) is 48.5 Å². The van der Waals surface area contributed by atoms with Crippen molar-refractivity contribution < 1.29 is 9.18 Å². The minimum atomic E-state index is -0.407. The average Bonchev–Trinajstić information content (AvgIpc) is 2.41. The molecule has 0 bridgehead atoms. The van der Waals surface area contributed by atoms with Crippen LogP contribution in [0.1, 0.15) is 10.4 Å². The fourth-order valence-electron chi connectivity index (χ4n) is 1.51. The molecule has 0 spiro atoms. The highest BCUT2D eigenvalue weighted by atomic mass is 35.5. The predicted molar refractivity (Wildman–Crippen MR) is 81.5 cm³/mol. The standard InChI is InChI=1S/C14H10ClFN2OS/c15-12-4-2-1-3-11(12)13(19)18-14(20)17-10-7-5-9(16)6-8-10/h1-8H,(H2,17,18,19,20). The summed E-state index contributed by atoms with van der Waals surface area (Å²) in [7, 11) is 0. The second-order valence-corrected chi connectivity index (χ2v) is 4.71. The Balaban J connectivity index is 2.00. The first-order chi connectivity index (χ1) is 9.56. The Labute approximate surface area is 125 Å². The van der Waals surface area contributed by atoms with Crippen LogP contribution in [0.5, 0.6) is 0 Å². The molecule has 0 atom stereocenters. The van der Waals surface area contributed by atoms with Gasteiger partial charge in [-0.05, 0) is 48.6 Å². The number of anilines is 1. The maximum absolute atomic E-state index is 12.8. The lowest BCUT2D eigenvalue weighted by molar-refractivity contribution is 0.0978. The van der Waals surface area contributed by atoms with E-state index < -0.39 is 5.91 Å². The molecule has 0 fully saturated rings. The van der Waals surface area contributed by atoms with Crippen molar-refractivity contribution in [2.75, 3.05) is 5.32 Å². The Morgan fingerprint density at radius 2 is 1.75 bits per heavy atom. The number of nitrogens with one attached hydrogen (secondary N) is 2. The largest absolute Gasteiger partial charge is 0.332 e. The van der Waals surface area contributed by atoms with Gasteiger partial charge in [0.05, 0.1) is 10.6 Å². The third-order valence-electron chi connectivity index (χ3n) is 2.45. The van der Waals surface area contributed by atoms with Crippen molar-refractivity contribution in [1.82, 2.24) is 5.32 Å². The van der Waals surface area contributed by atoms with Crippen LogP contribution in [0.2, 0.25) is 5.02 Å². The Kier molecular flexibility index (Phi) is 4.65. The van der Waals surface area contributed by atoms with E-state index in [-0.39, 0.29) is 10.9 Å². The van der Waals surface area contributed by atoms with Crippen LogP contribution in [-0.2, 0) is 0 Å². The van der Waals surface area contributed by atoms with Gasteiger partial charge in [0.15, 0.2) is 5.11 Å². The van der Waals surface area contributed by atoms with Gasteiger partial charge in [0.1, 0.15) is 5.82 Å². The minimum absolute atomic E-state index is 0.113. The lowest BCUT2D eigenvalue weighted by Gasteiger charge is -2.10. The van der Waals surface area contributed by atoms with Crippen molar-refractivity contribution >= 4 is 40.5 Å². The molecule has 2 aromatic rings. The molecule has 2 aromatic carbocycles. The van der Waals surface area contributed by atoms with Crippen LogP contribution in [0.25, 0.3) is 0 Å². The van der Waals surface area contributed by atoms with E-state index in [0.29, 0.717) is 16.3 Å². The molecule has 6 heteroatoms. The predicted octanol–water partition coefficient (Wildman–Crippen LogP) is 3.61. The molecule has 2 N–H and O–H groups in total. The lowest BCUT2D eigenvalue weighted by Crippen LogP contribution is -2.34. The Morgan fingerprint density at radius 1 is 1.10 bits per heavy atom. The summed E-state index contributed by atoms with van der Waals surface area (Å²) >= 11 is 10.9. The van der Waals surface area contributed by atoms with E-state index in [2.05, 4.69) is 10.6 Å². The molecule has 3 nitrogen and oxygen atoms in total. The summed E-state index contributed by atoms with van der Waals surface area (Å²) < 4.78 is 12.8. The van der Waals surface area contributed by atoms with Gasteiger partial charge in [0, 0.05) is 5.69 Å². The summed E-state index contributed by atoms with van der Waals surface area (Å²) in [6, 6.07) is 12.3. The van der Waals surface area contributed by atoms with Gasteiger partial charge in [-0.1, -0.05) is 23.7 Å². The normalized spacial score (nSPS) is 9.90. The molecule has 0 aromatic heterocycles. The zero-order valence-electron chi connectivity index (χ0n) is 10.2. The molecular weight excluding hydrogens is 299 g/mol. The fraction of sp³-hybridized carbons (Fsp3) is 0. The summed E-state index contributed by atoms with van der Waals surface area (Å²) in [5, 5.41) is 5.74. The lowest BCUT2D eigenvalue weighted by atomic mass is 10.2. The number of carbonyl (C=O) groups excluding carboxylic acids is 1. The minimum Gasteiger partial charge on any atom is -0.332 e. The van der Waals surface area contributed by atoms with Crippen molar-refractivity contribution in [2.24, 2.45) is 0 Å². The number of amides is 1. The highest BCUT2D eigenvalue weighted by Crippen LogP contribution is 2.14. The molecule has 0 aliphatic heterocycles. The first kappa shape index (κ1) is 14.4. The van der Waals surface area contributed by atoms with Crippen LogP contribution in [0.4, 0.5) is 10.1 Å². The summed E-state index contributed by atoms with van der Waals surface area (Å²) in [6.45, 7) is 0. The van der Waals surface area contributed by atoms with E-state index >= 15 is 0 Å². The Bertz CT molecular complexity index is 646. The Hall–Kier alpha value is -1.98. The van der Waals surface area contributed by atoms with Crippen molar-refractivity contribution in [3.63, 3.8) is 0 Å². The quantitative estimate of drug-likeness (QED) is 0.833. The average molecular weight is 309 g/mol. The number of halogens is 2. The summed E-state index contributed by atoms with van der Waals surface area (Å²) in [5.41, 5.74) is 0.910. The van der Waals surface area contributed by atoms with Gasteiger partial charge in [-0.2, -0.15) is 0 Å². The first-order valence-corrected chi connectivity index (χ1v) is 6.47. The van der Waals surface area contributed by atoms with Gasteiger partial charge >= 0.3 is 0 Å². The summed E-state index contributed by atoms with van der Waals surface area (Å²) in [6.07, 6.45) is 0. The van der Waals surface area contributed by atoms with Crippen LogP contribution in [-0.4, -0.2) is 11.0 Å². The molecule has 1 amide bonds. The van der Waals surface area contributed by atoms with E-state index in [4.69, 9.17) is 23.8 Å². The smallest absolute Gasteiger partial charge is 0.258 e. The molecular formula is C14H10ClFN2OS. The number of carbonyl (C=O) groups is 1. The molecule has 0 unspecified atom stereocenters. The molecule has 0 saturated carbocycles. The second kappa shape index (κ2) is 6.45. The van der Waals surface area contributed by atoms with E-state index in [1.165, 1.54) is 24.3 Å². The first-order valence-electron chi connectivity index (χ1n) is 5.68. The molecule has 0 aliphatic rings. The molecule has 20 heavy (non-hydrogen) atoms. The van der Waals surface area contributed by atoms with E-state index in [1.807, 2.05) is 0 Å². The zero-order valence-corrected chi connectivity index (χ0v) is 11.8. The summed E-state index contributed by atoms with van der Waals surface area (Å²) in [4.78, 5) is 11.9. The third kappa shape index (κ3) is 3.76. The highest BCUT2D eigenvalue weighted by Gasteiger charge is 2.11. The number of thiocarbonyl (C=S) groups is 1. The van der Waals surface area contributed by atoms with E-state index in [1.54, 1.807) is 24.3 Å². The van der Waals surface area contributed by atoms with Gasteiger partial charge in [0.25, 0.3) is 5.91 Å². The monoisotopic (exact) mass is 308 g/mol. The van der Waals surface area contributed by atoms with Gasteiger partial charge in [0.2, 0.25) is 0 Å². The van der Waals surface area contributed by atoms with Crippen LogP contribution in [0, 0.1) is 5.82 Å². The highest BCUT2D eigenvalue weighted by molar-refractivity contribution is 7.80. The number of benzene rings is 2. The zero-order chi connectivity index (χ0) is 14.5. The molecule has 0 saturated heterocycles. The number of hydrogen-bond acceptors (Lipinski definition) is 2. The van der Waals surface area contributed by atoms with Gasteiger partial charge in [-0.3, -0.25) is 10.1 Å². The van der Waals surface area contributed by atoms with E-state index in [0.717, 1.165) is 0 Å². The number of rotatable bonds is 2. The third-order valence-corrected chi connectivity index (χ3v) is 2.98. The van der Waals surface area contributed by atoms with Crippen LogP contribution < -0.4 is 10.6 Å². The SMILES string of the molecule is O=C(NC(=S)Nc1ccc(F)cc1)c1ccccc1Cl. The van der Waals surface area contributed by atoms with Crippen molar-refractivity contribution in [3.8, 4) is 0 Å². The van der Waals surface area contributed by atoms with Crippen molar-refractivity contribution in [1.29, 1.82) is 0 Å². The van der Waals surface area contributed by atoms with Crippen molar-refractivity contribution in [3.05, 3.63) is 64.9 Å². The van der Waals surface area contributed by atoms with Crippen LogP contribution >= 0.6 is 23.8 Å². The fourth-order valence-corrected chi connectivity index (χ4v) is 1.94. The van der Waals surface area contributed by atoms with Crippen LogP contribution in [0.3, 0.4) is 0 Å². The molecule has 0 radical (unpaired) electrons. The summed E-state index contributed by atoms with van der Waals surface area (Å²) in [5.74, 6) is -0.753. The second-order valence-electron chi connectivity index (χ2n) is 3.89. The topological polar surface area (TPSA) is 41.1 Å².